The fourth-order valence-electron chi connectivity index (χ4n) is 1.85. The molecule has 0 amide bonds. The van der Waals surface area contributed by atoms with Crippen LogP contribution in [0.2, 0.25) is 0 Å². The minimum atomic E-state index is -3.45. The first-order valence-corrected chi connectivity index (χ1v) is 6.79. The molecule has 0 aliphatic carbocycles. The van der Waals surface area contributed by atoms with Crippen LogP contribution in [0.25, 0.3) is 0 Å². The standard InChI is InChI=1S/C8H16N2O3S2/c1-6-2-3-10(7(6)4-11)15(12,13)5-8(9)14/h6-7,11H,2-5H2,1H3,(H2,9,14). The largest absolute Gasteiger partial charge is 0.395 e. The molecule has 0 aromatic carbocycles. The average molecular weight is 252 g/mol. The first-order chi connectivity index (χ1) is 6.88. The van der Waals surface area contributed by atoms with Crippen LogP contribution in [0.4, 0.5) is 0 Å². The third-order valence-corrected chi connectivity index (χ3v) is 4.87. The third-order valence-electron chi connectivity index (χ3n) is 2.70. The number of thiocarbonyl (C=S) groups is 1. The van der Waals surface area contributed by atoms with Crippen molar-refractivity contribution in [2.24, 2.45) is 11.7 Å². The van der Waals surface area contributed by atoms with E-state index >= 15 is 0 Å². The molecule has 15 heavy (non-hydrogen) atoms. The van der Waals surface area contributed by atoms with Gasteiger partial charge in [0.1, 0.15) is 5.75 Å². The molecular weight excluding hydrogens is 236 g/mol. The van der Waals surface area contributed by atoms with Crippen LogP contribution in [0.3, 0.4) is 0 Å². The number of nitrogens with two attached hydrogens (primary N) is 1. The minimum Gasteiger partial charge on any atom is -0.395 e. The van der Waals surface area contributed by atoms with Gasteiger partial charge in [0, 0.05) is 6.54 Å². The molecule has 0 saturated carbocycles. The first-order valence-electron chi connectivity index (χ1n) is 4.77. The lowest BCUT2D eigenvalue weighted by Gasteiger charge is -2.24. The predicted molar refractivity (Wildman–Crippen MR) is 61.9 cm³/mol. The summed E-state index contributed by atoms with van der Waals surface area (Å²) in [5.41, 5.74) is 5.23. The van der Waals surface area contributed by atoms with Gasteiger partial charge in [0.25, 0.3) is 0 Å². The summed E-state index contributed by atoms with van der Waals surface area (Å²) in [6.45, 7) is 2.21. The topological polar surface area (TPSA) is 83.6 Å². The van der Waals surface area contributed by atoms with Gasteiger partial charge in [-0.3, -0.25) is 0 Å². The van der Waals surface area contributed by atoms with Crippen molar-refractivity contribution in [3.8, 4) is 0 Å². The molecule has 1 rings (SSSR count). The van der Waals surface area contributed by atoms with Gasteiger partial charge in [-0.15, -0.1) is 0 Å². The zero-order valence-electron chi connectivity index (χ0n) is 8.59. The maximum absolute atomic E-state index is 11.8. The van der Waals surface area contributed by atoms with E-state index in [1.54, 1.807) is 0 Å². The van der Waals surface area contributed by atoms with Crippen LogP contribution >= 0.6 is 12.2 Å². The highest BCUT2D eigenvalue weighted by Gasteiger charge is 2.38. The van der Waals surface area contributed by atoms with Crippen LogP contribution < -0.4 is 5.73 Å². The second kappa shape index (κ2) is 4.73. The van der Waals surface area contributed by atoms with Crippen molar-refractivity contribution in [2.75, 3.05) is 18.9 Å². The highest BCUT2D eigenvalue weighted by Crippen LogP contribution is 2.26. The molecule has 1 aliphatic rings. The van der Waals surface area contributed by atoms with Gasteiger partial charge in [0.05, 0.1) is 17.6 Å². The Hall–Kier alpha value is -0.240. The van der Waals surface area contributed by atoms with Crippen molar-refractivity contribution in [3.05, 3.63) is 0 Å². The van der Waals surface area contributed by atoms with E-state index in [0.717, 1.165) is 6.42 Å². The molecule has 1 heterocycles. The molecular formula is C8H16N2O3S2. The summed E-state index contributed by atoms with van der Waals surface area (Å²) in [5, 5.41) is 9.13. The van der Waals surface area contributed by atoms with E-state index in [0.29, 0.717) is 6.54 Å². The number of nitrogens with zero attached hydrogens (tertiary/aromatic N) is 1. The monoisotopic (exact) mass is 252 g/mol. The SMILES string of the molecule is CC1CCN(S(=O)(=O)CC(N)=S)C1CO. The van der Waals surface area contributed by atoms with Gasteiger partial charge in [-0.05, 0) is 12.3 Å². The molecule has 0 aromatic rings. The zero-order chi connectivity index (χ0) is 11.6. The van der Waals surface area contributed by atoms with Gasteiger partial charge in [0.2, 0.25) is 10.0 Å². The Morgan fingerprint density at radius 1 is 1.67 bits per heavy atom. The Balaban J connectivity index is 2.83. The van der Waals surface area contributed by atoms with Crippen LogP contribution in [-0.4, -0.2) is 47.8 Å². The van der Waals surface area contributed by atoms with Crippen molar-refractivity contribution in [3.63, 3.8) is 0 Å². The number of rotatable bonds is 4. The van der Waals surface area contributed by atoms with Crippen LogP contribution in [0.15, 0.2) is 0 Å². The Bertz CT molecular complexity index is 342. The lowest BCUT2D eigenvalue weighted by atomic mass is 10.0. The predicted octanol–water partition coefficient (Wildman–Crippen LogP) is -0.695. The Labute approximate surface area is 95.3 Å². The molecule has 0 bridgehead atoms. The lowest BCUT2D eigenvalue weighted by Crippen LogP contribution is -2.43. The van der Waals surface area contributed by atoms with Gasteiger partial charge in [0.15, 0.2) is 0 Å². The molecule has 0 aromatic heterocycles. The van der Waals surface area contributed by atoms with Crippen molar-refractivity contribution in [1.82, 2.24) is 4.31 Å². The quantitative estimate of drug-likeness (QED) is 0.647. The maximum Gasteiger partial charge on any atom is 0.220 e. The summed E-state index contributed by atoms with van der Waals surface area (Å²) in [5.74, 6) is -0.137. The summed E-state index contributed by atoms with van der Waals surface area (Å²) in [6, 6.07) is -0.329. The van der Waals surface area contributed by atoms with E-state index in [1.165, 1.54) is 4.31 Å². The Morgan fingerprint density at radius 2 is 2.27 bits per heavy atom. The number of aliphatic hydroxyl groups is 1. The summed E-state index contributed by atoms with van der Waals surface area (Å²) in [7, 11) is -3.45. The second-order valence-electron chi connectivity index (χ2n) is 3.85. The normalized spacial score (nSPS) is 28.1. The number of hydrogen-bond donors (Lipinski definition) is 2. The van der Waals surface area contributed by atoms with Crippen LogP contribution in [0.1, 0.15) is 13.3 Å². The maximum atomic E-state index is 11.8. The van der Waals surface area contributed by atoms with Crippen molar-refractivity contribution < 1.29 is 13.5 Å². The smallest absolute Gasteiger partial charge is 0.220 e. The second-order valence-corrected chi connectivity index (χ2v) is 6.30. The molecule has 2 atom stereocenters. The molecule has 1 fully saturated rings. The van der Waals surface area contributed by atoms with Crippen LogP contribution in [0, 0.1) is 5.92 Å². The van der Waals surface area contributed by atoms with E-state index < -0.39 is 10.0 Å². The highest BCUT2D eigenvalue weighted by atomic mass is 32.2. The summed E-state index contributed by atoms with van der Waals surface area (Å²) in [4.78, 5) is -0.0359. The summed E-state index contributed by atoms with van der Waals surface area (Å²) in [6.07, 6.45) is 0.766. The van der Waals surface area contributed by atoms with E-state index in [-0.39, 0.29) is 29.3 Å². The molecule has 3 N–H and O–H groups in total. The van der Waals surface area contributed by atoms with Gasteiger partial charge < -0.3 is 10.8 Å². The number of hydrogen-bond acceptors (Lipinski definition) is 4. The molecule has 1 saturated heterocycles. The lowest BCUT2D eigenvalue weighted by molar-refractivity contribution is 0.191. The molecule has 88 valence electrons. The average Bonchev–Trinajstić information content (AvgIpc) is 2.44. The van der Waals surface area contributed by atoms with Crippen LogP contribution in [-0.2, 0) is 10.0 Å². The van der Waals surface area contributed by atoms with Crippen LogP contribution in [0.5, 0.6) is 0 Å². The molecule has 2 unspecified atom stereocenters. The number of sulfonamides is 1. The Kier molecular flexibility index (Phi) is 4.05. The van der Waals surface area contributed by atoms with E-state index in [4.69, 9.17) is 10.8 Å². The molecule has 1 aliphatic heterocycles. The summed E-state index contributed by atoms with van der Waals surface area (Å²) >= 11 is 4.59. The van der Waals surface area contributed by atoms with Gasteiger partial charge >= 0.3 is 0 Å². The van der Waals surface area contributed by atoms with E-state index in [2.05, 4.69) is 12.2 Å². The van der Waals surface area contributed by atoms with Crippen molar-refractivity contribution in [1.29, 1.82) is 0 Å². The fraction of sp³-hybridized carbons (Fsp3) is 0.875. The van der Waals surface area contributed by atoms with E-state index in [9.17, 15) is 8.42 Å². The van der Waals surface area contributed by atoms with E-state index in [1.807, 2.05) is 6.92 Å². The minimum absolute atomic E-state index is 0.0359. The third kappa shape index (κ3) is 2.87. The summed E-state index contributed by atoms with van der Waals surface area (Å²) < 4.78 is 24.9. The zero-order valence-corrected chi connectivity index (χ0v) is 10.2. The van der Waals surface area contributed by atoms with Gasteiger partial charge in [-0.2, -0.15) is 4.31 Å². The van der Waals surface area contributed by atoms with Gasteiger partial charge in [-0.25, -0.2) is 8.42 Å². The van der Waals surface area contributed by atoms with Gasteiger partial charge in [-0.1, -0.05) is 19.1 Å². The van der Waals surface area contributed by atoms with Crippen molar-refractivity contribution >= 4 is 27.2 Å². The Morgan fingerprint density at radius 3 is 2.73 bits per heavy atom. The first kappa shape index (κ1) is 12.8. The molecule has 7 heteroatoms. The molecule has 5 nitrogen and oxygen atoms in total. The molecule has 0 spiro atoms. The molecule has 0 radical (unpaired) electrons. The highest BCUT2D eigenvalue weighted by molar-refractivity contribution is 7.92. The fourth-order valence-corrected chi connectivity index (χ4v) is 3.89. The number of aliphatic hydroxyl groups excluding tert-OH is 1. The van der Waals surface area contributed by atoms with Crippen molar-refractivity contribution in [2.45, 2.75) is 19.4 Å².